The van der Waals surface area contributed by atoms with Gasteiger partial charge < -0.3 is 10.6 Å². The van der Waals surface area contributed by atoms with Crippen molar-refractivity contribution in [2.75, 3.05) is 5.32 Å². The zero-order chi connectivity index (χ0) is 13.2. The Hall–Kier alpha value is -1.35. The van der Waals surface area contributed by atoms with E-state index in [-0.39, 0.29) is 5.91 Å². The molecule has 0 atom stereocenters. The maximum absolute atomic E-state index is 11.0. The van der Waals surface area contributed by atoms with E-state index in [1.54, 1.807) is 0 Å². The predicted molar refractivity (Wildman–Crippen MR) is 76.8 cm³/mol. The molecule has 0 saturated heterocycles. The van der Waals surface area contributed by atoms with Crippen molar-refractivity contribution in [3.05, 3.63) is 29.8 Å². The summed E-state index contributed by atoms with van der Waals surface area (Å²) in [6.45, 7) is 2.44. The number of hydrogen-bond donors (Lipinski definition) is 2. The molecule has 3 nitrogen and oxygen atoms in total. The molecule has 0 heterocycles. The first kappa shape index (κ1) is 12.7. The molecule has 2 fully saturated rings. The number of benzene rings is 1. The summed E-state index contributed by atoms with van der Waals surface area (Å²) >= 11 is 0. The second-order valence-corrected chi connectivity index (χ2v) is 6.03. The van der Waals surface area contributed by atoms with Crippen molar-refractivity contribution in [3.63, 3.8) is 0 Å². The van der Waals surface area contributed by atoms with Gasteiger partial charge in [-0.1, -0.05) is 12.1 Å². The molecule has 1 aromatic carbocycles. The number of anilines is 1. The lowest BCUT2D eigenvalue weighted by Gasteiger charge is -2.36. The summed E-state index contributed by atoms with van der Waals surface area (Å²) in [4.78, 5) is 11.0. The topological polar surface area (TPSA) is 41.1 Å². The maximum atomic E-state index is 11.0. The second kappa shape index (κ2) is 5.33. The highest BCUT2D eigenvalue weighted by Gasteiger charge is 2.39. The highest BCUT2D eigenvalue weighted by molar-refractivity contribution is 5.88. The Morgan fingerprint density at radius 1 is 1.26 bits per heavy atom. The Balaban J connectivity index is 1.45. The molecule has 19 heavy (non-hydrogen) atoms. The van der Waals surface area contributed by atoms with Gasteiger partial charge in [0.2, 0.25) is 5.91 Å². The van der Waals surface area contributed by atoms with Crippen molar-refractivity contribution >= 4 is 11.6 Å². The standard InChI is InChI=1S/C16H22N2O/c1-11(19)18-15-4-2-3-12(7-15)10-17-16-8-14(9-16)13-5-6-13/h2-4,7,13-14,16-17H,5-6,8-10H2,1H3,(H,18,19). The molecule has 0 radical (unpaired) electrons. The second-order valence-electron chi connectivity index (χ2n) is 6.03. The van der Waals surface area contributed by atoms with E-state index >= 15 is 0 Å². The Morgan fingerprint density at radius 2 is 2.05 bits per heavy atom. The minimum Gasteiger partial charge on any atom is -0.326 e. The van der Waals surface area contributed by atoms with Crippen molar-refractivity contribution in [1.82, 2.24) is 5.32 Å². The van der Waals surface area contributed by atoms with Crippen LogP contribution in [-0.2, 0) is 11.3 Å². The number of nitrogens with one attached hydrogen (secondary N) is 2. The van der Waals surface area contributed by atoms with Gasteiger partial charge >= 0.3 is 0 Å². The van der Waals surface area contributed by atoms with Crippen molar-refractivity contribution in [2.45, 2.75) is 45.2 Å². The average molecular weight is 258 g/mol. The van der Waals surface area contributed by atoms with Gasteiger partial charge in [0.05, 0.1) is 0 Å². The normalized spacial score (nSPS) is 25.7. The zero-order valence-electron chi connectivity index (χ0n) is 11.5. The van der Waals surface area contributed by atoms with Crippen LogP contribution < -0.4 is 10.6 Å². The van der Waals surface area contributed by atoms with Crippen molar-refractivity contribution in [2.24, 2.45) is 11.8 Å². The van der Waals surface area contributed by atoms with Crippen LogP contribution in [0.3, 0.4) is 0 Å². The smallest absolute Gasteiger partial charge is 0.221 e. The van der Waals surface area contributed by atoms with Crippen LogP contribution in [0.2, 0.25) is 0 Å². The molecule has 1 aromatic rings. The largest absolute Gasteiger partial charge is 0.326 e. The van der Waals surface area contributed by atoms with E-state index in [2.05, 4.69) is 16.7 Å². The van der Waals surface area contributed by atoms with Gasteiger partial charge in [0, 0.05) is 25.2 Å². The molecule has 0 aromatic heterocycles. The molecule has 2 N–H and O–H groups in total. The maximum Gasteiger partial charge on any atom is 0.221 e. The molecular formula is C16H22N2O. The molecule has 3 heteroatoms. The minimum absolute atomic E-state index is 0.0172. The molecule has 1 amide bonds. The van der Waals surface area contributed by atoms with Crippen LogP contribution in [0.5, 0.6) is 0 Å². The lowest BCUT2D eigenvalue weighted by molar-refractivity contribution is -0.114. The molecule has 0 spiro atoms. The SMILES string of the molecule is CC(=O)Nc1cccc(CNC2CC(C3CC3)C2)c1. The third-order valence-electron chi connectivity index (χ3n) is 4.31. The Bertz CT molecular complexity index is 462. The minimum atomic E-state index is -0.0172. The fraction of sp³-hybridized carbons (Fsp3) is 0.562. The van der Waals surface area contributed by atoms with Gasteiger partial charge in [-0.3, -0.25) is 4.79 Å². The summed E-state index contributed by atoms with van der Waals surface area (Å²) in [6.07, 6.45) is 5.65. The van der Waals surface area contributed by atoms with Gasteiger partial charge in [-0.25, -0.2) is 0 Å². The number of rotatable bonds is 5. The van der Waals surface area contributed by atoms with Gasteiger partial charge in [0.1, 0.15) is 0 Å². The molecule has 2 aliphatic rings. The molecular weight excluding hydrogens is 236 g/mol. The van der Waals surface area contributed by atoms with Gasteiger partial charge in [-0.15, -0.1) is 0 Å². The van der Waals surface area contributed by atoms with Crippen LogP contribution in [0.1, 0.15) is 38.2 Å². The summed E-state index contributed by atoms with van der Waals surface area (Å²) in [5.41, 5.74) is 2.12. The first-order valence-electron chi connectivity index (χ1n) is 7.30. The molecule has 3 rings (SSSR count). The Morgan fingerprint density at radius 3 is 2.74 bits per heavy atom. The van der Waals surface area contributed by atoms with Crippen molar-refractivity contribution < 1.29 is 4.79 Å². The first-order chi connectivity index (χ1) is 9.20. The van der Waals surface area contributed by atoms with Crippen LogP contribution in [0.4, 0.5) is 5.69 Å². The van der Waals surface area contributed by atoms with Crippen molar-refractivity contribution in [1.29, 1.82) is 0 Å². The monoisotopic (exact) mass is 258 g/mol. The number of carbonyl (C=O) groups is 1. The fourth-order valence-corrected chi connectivity index (χ4v) is 3.01. The fourth-order valence-electron chi connectivity index (χ4n) is 3.01. The van der Waals surface area contributed by atoms with E-state index in [1.165, 1.54) is 38.2 Å². The number of hydrogen-bond acceptors (Lipinski definition) is 2. The summed E-state index contributed by atoms with van der Waals surface area (Å²) in [5.74, 6) is 2.04. The first-order valence-corrected chi connectivity index (χ1v) is 7.30. The van der Waals surface area contributed by atoms with E-state index in [0.29, 0.717) is 6.04 Å². The zero-order valence-corrected chi connectivity index (χ0v) is 11.5. The average Bonchev–Trinajstić information content (AvgIpc) is 3.11. The van der Waals surface area contributed by atoms with Crippen molar-refractivity contribution in [3.8, 4) is 0 Å². The molecule has 0 aliphatic heterocycles. The van der Waals surface area contributed by atoms with Crippen LogP contribution in [-0.4, -0.2) is 11.9 Å². The lowest BCUT2D eigenvalue weighted by Crippen LogP contribution is -2.41. The quantitative estimate of drug-likeness (QED) is 0.852. The van der Waals surface area contributed by atoms with E-state index in [1.807, 2.05) is 18.2 Å². The van der Waals surface area contributed by atoms with E-state index in [9.17, 15) is 4.79 Å². The highest BCUT2D eigenvalue weighted by atomic mass is 16.1. The van der Waals surface area contributed by atoms with Crippen LogP contribution in [0, 0.1) is 11.8 Å². The van der Waals surface area contributed by atoms with E-state index in [4.69, 9.17) is 0 Å². The van der Waals surface area contributed by atoms with Crippen LogP contribution in [0.25, 0.3) is 0 Å². The molecule has 2 aliphatic carbocycles. The van der Waals surface area contributed by atoms with Gasteiger partial charge in [-0.05, 0) is 55.2 Å². The Labute approximate surface area is 114 Å². The third-order valence-corrected chi connectivity index (χ3v) is 4.31. The summed E-state index contributed by atoms with van der Waals surface area (Å²) in [6, 6.07) is 8.78. The summed E-state index contributed by atoms with van der Waals surface area (Å²) in [7, 11) is 0. The third kappa shape index (κ3) is 3.35. The molecule has 2 saturated carbocycles. The number of carbonyl (C=O) groups excluding carboxylic acids is 1. The summed E-state index contributed by atoms with van der Waals surface area (Å²) < 4.78 is 0. The van der Waals surface area contributed by atoms with Gasteiger partial charge in [0.15, 0.2) is 0 Å². The van der Waals surface area contributed by atoms with Gasteiger partial charge in [-0.2, -0.15) is 0 Å². The molecule has 102 valence electrons. The molecule has 0 unspecified atom stereocenters. The van der Waals surface area contributed by atoms with E-state index in [0.717, 1.165) is 24.1 Å². The van der Waals surface area contributed by atoms with Crippen LogP contribution >= 0.6 is 0 Å². The number of amides is 1. The summed E-state index contributed by atoms with van der Waals surface area (Å²) in [5, 5.41) is 6.44. The molecule has 0 bridgehead atoms. The van der Waals surface area contributed by atoms with Crippen LogP contribution in [0.15, 0.2) is 24.3 Å². The lowest BCUT2D eigenvalue weighted by atomic mass is 9.77. The highest BCUT2D eigenvalue weighted by Crippen LogP contribution is 2.46. The van der Waals surface area contributed by atoms with E-state index < -0.39 is 0 Å². The van der Waals surface area contributed by atoms with Gasteiger partial charge in [0.25, 0.3) is 0 Å². The predicted octanol–water partition coefficient (Wildman–Crippen LogP) is 2.92. The Kier molecular flexibility index (Phi) is 3.56.